The van der Waals surface area contributed by atoms with Gasteiger partial charge in [0.2, 0.25) is 0 Å². The van der Waals surface area contributed by atoms with Gasteiger partial charge < -0.3 is 5.11 Å². The van der Waals surface area contributed by atoms with Gasteiger partial charge in [-0.3, -0.25) is 0 Å². The monoisotopic (exact) mass is 222 g/mol. The van der Waals surface area contributed by atoms with Crippen molar-refractivity contribution in [3.8, 4) is 0 Å². The van der Waals surface area contributed by atoms with Crippen LogP contribution in [0.4, 0.5) is 4.39 Å². The summed E-state index contributed by atoms with van der Waals surface area (Å²) in [6.07, 6.45) is 2.48. The average Bonchev–Trinajstić information content (AvgIpc) is 2.29. The summed E-state index contributed by atoms with van der Waals surface area (Å²) in [5.41, 5.74) is 1.35. The van der Waals surface area contributed by atoms with Gasteiger partial charge in [0.1, 0.15) is 6.17 Å². The summed E-state index contributed by atoms with van der Waals surface area (Å²) < 4.78 is 13.2. The Morgan fingerprint density at radius 3 is 2.50 bits per heavy atom. The quantitative estimate of drug-likeness (QED) is 0.832. The lowest BCUT2D eigenvalue weighted by molar-refractivity contribution is 0.0697. The van der Waals surface area contributed by atoms with Crippen molar-refractivity contribution < 1.29 is 14.3 Å². The maximum Gasteiger partial charge on any atom is 0.335 e. The summed E-state index contributed by atoms with van der Waals surface area (Å²) in [6.45, 7) is 0. The standard InChI is InChI=1S/C13H15FO2/c14-12-3-1-2-11(8-12)9-4-6-10(7-5-9)13(15)16/h4-7,11-12H,1-3,8H2,(H,15,16). The molecule has 1 fully saturated rings. The number of rotatable bonds is 2. The van der Waals surface area contributed by atoms with Crippen LogP contribution in [0.2, 0.25) is 0 Å². The molecule has 0 aliphatic heterocycles. The highest BCUT2D eigenvalue weighted by molar-refractivity contribution is 5.87. The molecule has 1 aliphatic rings. The van der Waals surface area contributed by atoms with Gasteiger partial charge in [-0.25, -0.2) is 9.18 Å². The normalized spacial score (nSPS) is 25.3. The molecule has 1 saturated carbocycles. The van der Waals surface area contributed by atoms with Gasteiger partial charge in [0.25, 0.3) is 0 Å². The van der Waals surface area contributed by atoms with E-state index in [1.165, 1.54) is 0 Å². The number of carbonyl (C=O) groups is 1. The second-order valence-corrected chi connectivity index (χ2v) is 4.39. The summed E-state index contributed by atoms with van der Waals surface area (Å²) >= 11 is 0. The third-order valence-electron chi connectivity index (χ3n) is 3.24. The van der Waals surface area contributed by atoms with Gasteiger partial charge in [-0.1, -0.05) is 12.1 Å². The lowest BCUT2D eigenvalue weighted by Gasteiger charge is -2.24. The Labute approximate surface area is 94.1 Å². The maximum atomic E-state index is 13.2. The van der Waals surface area contributed by atoms with E-state index in [0.717, 1.165) is 18.4 Å². The molecule has 16 heavy (non-hydrogen) atoms. The molecule has 86 valence electrons. The van der Waals surface area contributed by atoms with E-state index in [1.807, 2.05) is 12.1 Å². The van der Waals surface area contributed by atoms with E-state index in [1.54, 1.807) is 12.1 Å². The lowest BCUT2D eigenvalue weighted by Crippen LogP contribution is -2.14. The fourth-order valence-corrected chi connectivity index (χ4v) is 2.33. The summed E-state index contributed by atoms with van der Waals surface area (Å²) in [5.74, 6) is -0.662. The third-order valence-corrected chi connectivity index (χ3v) is 3.24. The van der Waals surface area contributed by atoms with Crippen LogP contribution >= 0.6 is 0 Å². The summed E-state index contributed by atoms with van der Waals surface area (Å²) in [7, 11) is 0. The Balaban J connectivity index is 2.11. The summed E-state index contributed by atoms with van der Waals surface area (Å²) in [6, 6.07) is 6.82. The molecule has 0 heterocycles. The molecule has 0 spiro atoms. The molecule has 0 radical (unpaired) electrons. The zero-order valence-corrected chi connectivity index (χ0v) is 9.03. The van der Waals surface area contributed by atoms with Gasteiger partial charge in [0, 0.05) is 0 Å². The number of halogens is 1. The van der Waals surface area contributed by atoms with Crippen molar-refractivity contribution in [2.75, 3.05) is 0 Å². The van der Waals surface area contributed by atoms with Crippen LogP contribution in [0.1, 0.15) is 47.5 Å². The molecule has 1 aromatic carbocycles. The highest BCUT2D eigenvalue weighted by Crippen LogP contribution is 2.34. The van der Waals surface area contributed by atoms with Crippen molar-refractivity contribution in [3.05, 3.63) is 35.4 Å². The topological polar surface area (TPSA) is 37.3 Å². The van der Waals surface area contributed by atoms with Crippen LogP contribution in [0.25, 0.3) is 0 Å². The minimum absolute atomic E-state index is 0.256. The van der Waals surface area contributed by atoms with Gasteiger partial charge in [0.05, 0.1) is 5.56 Å². The predicted molar refractivity (Wildman–Crippen MR) is 59.5 cm³/mol. The smallest absolute Gasteiger partial charge is 0.335 e. The molecule has 1 aromatic rings. The Morgan fingerprint density at radius 1 is 1.25 bits per heavy atom. The lowest BCUT2D eigenvalue weighted by atomic mass is 9.83. The number of aromatic carboxylic acids is 1. The number of hydrogen-bond acceptors (Lipinski definition) is 1. The number of alkyl halides is 1. The van der Waals surface area contributed by atoms with Crippen molar-refractivity contribution >= 4 is 5.97 Å². The molecule has 0 amide bonds. The zero-order valence-electron chi connectivity index (χ0n) is 9.03. The molecule has 2 unspecified atom stereocenters. The fraction of sp³-hybridized carbons (Fsp3) is 0.462. The van der Waals surface area contributed by atoms with E-state index in [2.05, 4.69) is 0 Å². The van der Waals surface area contributed by atoms with E-state index in [9.17, 15) is 9.18 Å². The molecule has 2 rings (SSSR count). The van der Waals surface area contributed by atoms with Crippen molar-refractivity contribution in [2.24, 2.45) is 0 Å². The minimum Gasteiger partial charge on any atom is -0.478 e. The minimum atomic E-state index is -0.918. The number of benzene rings is 1. The second kappa shape index (κ2) is 4.64. The van der Waals surface area contributed by atoms with Crippen molar-refractivity contribution in [3.63, 3.8) is 0 Å². The van der Waals surface area contributed by atoms with Crippen molar-refractivity contribution in [1.82, 2.24) is 0 Å². The van der Waals surface area contributed by atoms with E-state index >= 15 is 0 Å². The molecule has 1 N–H and O–H groups in total. The molecule has 1 aliphatic carbocycles. The van der Waals surface area contributed by atoms with Crippen LogP contribution in [-0.4, -0.2) is 17.2 Å². The number of carboxylic acids is 1. The highest BCUT2D eigenvalue weighted by atomic mass is 19.1. The average molecular weight is 222 g/mol. The predicted octanol–water partition coefficient (Wildman–Crippen LogP) is 3.38. The van der Waals surface area contributed by atoms with Crippen LogP contribution in [0.3, 0.4) is 0 Å². The first-order chi connectivity index (χ1) is 7.66. The van der Waals surface area contributed by atoms with Gasteiger partial charge in [-0.2, -0.15) is 0 Å². The summed E-state index contributed by atoms with van der Waals surface area (Å²) in [4.78, 5) is 10.7. The fourth-order valence-electron chi connectivity index (χ4n) is 2.33. The Bertz CT molecular complexity index is 372. The SMILES string of the molecule is O=C(O)c1ccc(C2CCCC(F)C2)cc1. The number of hydrogen-bond donors (Lipinski definition) is 1. The molecular formula is C13H15FO2. The van der Waals surface area contributed by atoms with E-state index < -0.39 is 12.1 Å². The first-order valence-corrected chi connectivity index (χ1v) is 5.64. The first-order valence-electron chi connectivity index (χ1n) is 5.64. The van der Waals surface area contributed by atoms with Gasteiger partial charge in [-0.05, 0) is 49.3 Å². The van der Waals surface area contributed by atoms with Crippen molar-refractivity contribution in [2.45, 2.75) is 37.8 Å². The Morgan fingerprint density at radius 2 is 1.94 bits per heavy atom. The first kappa shape index (κ1) is 11.1. The van der Waals surface area contributed by atoms with E-state index in [0.29, 0.717) is 12.8 Å². The molecule has 0 aromatic heterocycles. The molecule has 2 nitrogen and oxygen atoms in total. The molecule has 3 heteroatoms. The molecule has 0 bridgehead atoms. The second-order valence-electron chi connectivity index (χ2n) is 4.39. The summed E-state index contributed by atoms with van der Waals surface area (Å²) in [5, 5.41) is 8.77. The van der Waals surface area contributed by atoms with Gasteiger partial charge >= 0.3 is 5.97 Å². The van der Waals surface area contributed by atoms with Crippen LogP contribution in [0.15, 0.2) is 24.3 Å². The van der Waals surface area contributed by atoms with Gasteiger partial charge in [-0.15, -0.1) is 0 Å². The molecule has 2 atom stereocenters. The van der Waals surface area contributed by atoms with Crippen LogP contribution in [0.5, 0.6) is 0 Å². The van der Waals surface area contributed by atoms with Gasteiger partial charge in [0.15, 0.2) is 0 Å². The third kappa shape index (κ3) is 2.40. The van der Waals surface area contributed by atoms with Crippen LogP contribution in [-0.2, 0) is 0 Å². The van der Waals surface area contributed by atoms with Crippen LogP contribution < -0.4 is 0 Å². The van der Waals surface area contributed by atoms with E-state index in [-0.39, 0.29) is 11.5 Å². The Kier molecular flexibility index (Phi) is 3.22. The maximum absolute atomic E-state index is 13.2. The van der Waals surface area contributed by atoms with E-state index in [4.69, 9.17) is 5.11 Å². The number of carboxylic acid groups (broad SMARTS) is 1. The Hall–Kier alpha value is -1.38. The van der Waals surface area contributed by atoms with Crippen LogP contribution in [0, 0.1) is 0 Å². The largest absolute Gasteiger partial charge is 0.478 e. The van der Waals surface area contributed by atoms with Crippen molar-refractivity contribution in [1.29, 1.82) is 0 Å². The highest BCUT2D eigenvalue weighted by Gasteiger charge is 2.22. The molecular weight excluding hydrogens is 207 g/mol. The molecule has 0 saturated heterocycles. The zero-order chi connectivity index (χ0) is 11.5.